The van der Waals surface area contributed by atoms with Crippen molar-refractivity contribution >= 4 is 17.3 Å². The topological polar surface area (TPSA) is 58.4 Å². The minimum Gasteiger partial charge on any atom is -0.399 e. The van der Waals surface area contributed by atoms with Gasteiger partial charge in [0.15, 0.2) is 0 Å². The Bertz CT molecular complexity index is 472. The van der Waals surface area contributed by atoms with Crippen LogP contribution in [0.1, 0.15) is 32.3 Å². The second kappa shape index (κ2) is 5.61. The van der Waals surface area contributed by atoms with Gasteiger partial charge >= 0.3 is 0 Å². The third kappa shape index (κ3) is 3.07. The summed E-state index contributed by atoms with van der Waals surface area (Å²) >= 11 is 0. The summed E-state index contributed by atoms with van der Waals surface area (Å²) in [5.74, 6) is 0.0571. The molecule has 2 unspecified atom stereocenters. The monoisotopic (exact) mass is 261 g/mol. The van der Waals surface area contributed by atoms with Crippen LogP contribution < -0.4 is 11.1 Å². The number of benzene rings is 1. The smallest absolute Gasteiger partial charge is 0.241 e. The number of hydrogen-bond donors (Lipinski definition) is 2. The van der Waals surface area contributed by atoms with Gasteiger partial charge in [0, 0.05) is 17.4 Å². The van der Waals surface area contributed by atoms with Gasteiger partial charge in [0.1, 0.15) is 0 Å². The van der Waals surface area contributed by atoms with Crippen LogP contribution in [0.4, 0.5) is 11.4 Å². The van der Waals surface area contributed by atoms with Gasteiger partial charge in [0.25, 0.3) is 0 Å². The highest BCUT2D eigenvalue weighted by atomic mass is 16.2. The van der Waals surface area contributed by atoms with Crippen molar-refractivity contribution in [3.63, 3.8) is 0 Å². The zero-order chi connectivity index (χ0) is 14.0. The molecule has 0 radical (unpaired) electrons. The second-order valence-electron chi connectivity index (χ2n) is 5.47. The van der Waals surface area contributed by atoms with Gasteiger partial charge in [-0.05, 0) is 63.9 Å². The summed E-state index contributed by atoms with van der Waals surface area (Å²) in [5.41, 5.74) is 8.27. The summed E-state index contributed by atoms with van der Waals surface area (Å²) in [4.78, 5) is 14.6. The second-order valence-corrected chi connectivity index (χ2v) is 5.47. The van der Waals surface area contributed by atoms with E-state index in [0.29, 0.717) is 6.04 Å². The molecule has 4 heteroatoms. The fraction of sp³-hybridized carbons (Fsp3) is 0.533. The number of likely N-dealkylation sites (tertiary alicyclic amines) is 1. The molecule has 3 N–H and O–H groups in total. The lowest BCUT2D eigenvalue weighted by molar-refractivity contribution is -0.121. The van der Waals surface area contributed by atoms with E-state index in [1.165, 1.54) is 12.8 Å². The first kappa shape index (κ1) is 13.9. The van der Waals surface area contributed by atoms with Crippen LogP contribution in [0.5, 0.6) is 0 Å². The minimum absolute atomic E-state index is 0.0571. The first-order chi connectivity index (χ1) is 8.99. The molecule has 0 spiro atoms. The zero-order valence-electron chi connectivity index (χ0n) is 11.9. The summed E-state index contributed by atoms with van der Waals surface area (Å²) in [5, 5.41) is 3.00. The normalized spacial score (nSPS) is 21.3. The van der Waals surface area contributed by atoms with E-state index in [2.05, 4.69) is 17.1 Å². The van der Waals surface area contributed by atoms with Crippen LogP contribution in [0, 0.1) is 6.92 Å². The number of nitrogens with one attached hydrogen (secondary N) is 1. The summed E-state index contributed by atoms with van der Waals surface area (Å²) in [6.07, 6.45) is 2.36. The van der Waals surface area contributed by atoms with Crippen molar-refractivity contribution in [2.45, 2.75) is 45.7 Å². The number of nitrogens with two attached hydrogens (primary N) is 1. The Balaban J connectivity index is 2.04. The van der Waals surface area contributed by atoms with Crippen LogP contribution in [0.25, 0.3) is 0 Å². The number of rotatable bonds is 3. The Morgan fingerprint density at radius 2 is 2.26 bits per heavy atom. The largest absolute Gasteiger partial charge is 0.399 e. The van der Waals surface area contributed by atoms with Crippen LogP contribution in [0.3, 0.4) is 0 Å². The molecule has 1 aromatic carbocycles. The van der Waals surface area contributed by atoms with Gasteiger partial charge in [0.05, 0.1) is 6.04 Å². The highest BCUT2D eigenvalue weighted by Gasteiger charge is 2.29. The predicted molar refractivity (Wildman–Crippen MR) is 79.1 cm³/mol. The van der Waals surface area contributed by atoms with Crippen molar-refractivity contribution in [1.82, 2.24) is 4.90 Å². The van der Waals surface area contributed by atoms with Crippen LogP contribution >= 0.6 is 0 Å². The van der Waals surface area contributed by atoms with Crippen molar-refractivity contribution in [3.8, 4) is 0 Å². The van der Waals surface area contributed by atoms with Gasteiger partial charge in [-0.3, -0.25) is 9.69 Å². The predicted octanol–water partition coefficient (Wildman–Crippen LogP) is 2.39. The van der Waals surface area contributed by atoms with E-state index < -0.39 is 0 Å². The minimum atomic E-state index is -0.0885. The van der Waals surface area contributed by atoms with Crippen molar-refractivity contribution in [1.29, 1.82) is 0 Å². The van der Waals surface area contributed by atoms with Crippen LogP contribution in [0.15, 0.2) is 18.2 Å². The van der Waals surface area contributed by atoms with E-state index >= 15 is 0 Å². The number of nitrogen functional groups attached to an aromatic ring is 1. The molecule has 1 aliphatic heterocycles. The summed E-state index contributed by atoms with van der Waals surface area (Å²) in [6.45, 7) is 7.13. The molecule has 4 nitrogen and oxygen atoms in total. The molecule has 1 aliphatic rings. The molecule has 1 fully saturated rings. The molecule has 19 heavy (non-hydrogen) atoms. The molecule has 1 amide bonds. The van der Waals surface area contributed by atoms with Crippen molar-refractivity contribution in [2.75, 3.05) is 17.6 Å². The maximum Gasteiger partial charge on any atom is 0.241 e. The standard InChI is InChI=1S/C15H23N3O/c1-10-9-13(16)6-7-14(10)17-15(19)12(3)18-8-4-5-11(18)2/h6-7,9,11-12H,4-5,8,16H2,1-3H3,(H,17,19). The lowest BCUT2D eigenvalue weighted by atomic mass is 10.1. The van der Waals surface area contributed by atoms with Gasteiger partial charge in [-0.15, -0.1) is 0 Å². The van der Waals surface area contributed by atoms with E-state index in [4.69, 9.17) is 5.73 Å². The Labute approximate surface area is 115 Å². The van der Waals surface area contributed by atoms with Gasteiger partial charge in [0.2, 0.25) is 5.91 Å². The van der Waals surface area contributed by atoms with Crippen LogP contribution in [-0.4, -0.2) is 29.4 Å². The molecule has 1 saturated heterocycles. The maximum atomic E-state index is 12.3. The van der Waals surface area contributed by atoms with Gasteiger partial charge in [-0.25, -0.2) is 0 Å². The number of amides is 1. The molecule has 1 heterocycles. The number of aryl methyl sites for hydroxylation is 1. The Morgan fingerprint density at radius 3 is 2.84 bits per heavy atom. The molecular formula is C15H23N3O. The average molecular weight is 261 g/mol. The third-order valence-electron chi connectivity index (χ3n) is 3.99. The van der Waals surface area contributed by atoms with Gasteiger partial charge < -0.3 is 11.1 Å². The van der Waals surface area contributed by atoms with Crippen molar-refractivity contribution in [2.24, 2.45) is 0 Å². The highest BCUT2D eigenvalue weighted by Crippen LogP contribution is 2.22. The van der Waals surface area contributed by atoms with Crippen molar-refractivity contribution < 1.29 is 4.79 Å². The first-order valence-corrected chi connectivity index (χ1v) is 6.92. The number of hydrogen-bond acceptors (Lipinski definition) is 3. The molecule has 2 atom stereocenters. The number of nitrogens with zero attached hydrogens (tertiary/aromatic N) is 1. The Morgan fingerprint density at radius 1 is 1.53 bits per heavy atom. The number of carbonyl (C=O) groups is 1. The Hall–Kier alpha value is -1.55. The van der Waals surface area contributed by atoms with E-state index in [1.807, 2.05) is 32.0 Å². The molecule has 0 bridgehead atoms. The summed E-state index contributed by atoms with van der Waals surface area (Å²) in [7, 11) is 0. The Kier molecular flexibility index (Phi) is 4.10. The van der Waals surface area contributed by atoms with Crippen LogP contribution in [0.2, 0.25) is 0 Å². The van der Waals surface area contributed by atoms with E-state index in [1.54, 1.807) is 0 Å². The van der Waals surface area contributed by atoms with E-state index in [9.17, 15) is 4.79 Å². The lowest BCUT2D eigenvalue weighted by Crippen LogP contribution is -2.43. The number of anilines is 2. The molecular weight excluding hydrogens is 238 g/mol. The maximum absolute atomic E-state index is 12.3. The van der Waals surface area contributed by atoms with Gasteiger partial charge in [-0.1, -0.05) is 0 Å². The summed E-state index contributed by atoms with van der Waals surface area (Å²) < 4.78 is 0. The number of carbonyl (C=O) groups excluding carboxylic acids is 1. The van der Waals surface area contributed by atoms with E-state index in [0.717, 1.165) is 23.5 Å². The molecule has 104 valence electrons. The van der Waals surface area contributed by atoms with E-state index in [-0.39, 0.29) is 11.9 Å². The first-order valence-electron chi connectivity index (χ1n) is 6.92. The quantitative estimate of drug-likeness (QED) is 0.821. The average Bonchev–Trinajstić information content (AvgIpc) is 2.78. The SMILES string of the molecule is Cc1cc(N)ccc1NC(=O)C(C)N1CCCC1C. The van der Waals surface area contributed by atoms with Crippen molar-refractivity contribution in [3.05, 3.63) is 23.8 Å². The lowest BCUT2D eigenvalue weighted by Gasteiger charge is -2.27. The fourth-order valence-electron chi connectivity index (χ4n) is 2.75. The van der Waals surface area contributed by atoms with Crippen LogP contribution in [-0.2, 0) is 4.79 Å². The molecule has 0 aromatic heterocycles. The fourth-order valence-corrected chi connectivity index (χ4v) is 2.75. The molecule has 2 rings (SSSR count). The third-order valence-corrected chi connectivity index (χ3v) is 3.99. The molecule has 0 saturated carbocycles. The molecule has 1 aromatic rings. The molecule has 0 aliphatic carbocycles. The zero-order valence-corrected chi connectivity index (χ0v) is 11.9. The van der Waals surface area contributed by atoms with Gasteiger partial charge in [-0.2, -0.15) is 0 Å². The highest BCUT2D eigenvalue weighted by molar-refractivity contribution is 5.95. The summed E-state index contributed by atoms with van der Waals surface area (Å²) in [6, 6.07) is 5.95.